The Labute approximate surface area is 128 Å². The van der Waals surface area contributed by atoms with Crippen LogP contribution in [0, 0.1) is 13.8 Å². The van der Waals surface area contributed by atoms with Gasteiger partial charge in [-0.2, -0.15) is 0 Å². The van der Waals surface area contributed by atoms with Crippen LogP contribution in [-0.4, -0.2) is 0 Å². The molecule has 2 unspecified atom stereocenters. The van der Waals surface area contributed by atoms with E-state index in [1.165, 1.54) is 11.1 Å². The van der Waals surface area contributed by atoms with Gasteiger partial charge in [0.25, 0.3) is 0 Å². The molecule has 2 N–H and O–H groups in total. The summed E-state index contributed by atoms with van der Waals surface area (Å²) < 4.78 is 7.24. The molecule has 3 rings (SSSR count). The van der Waals surface area contributed by atoms with Crippen molar-refractivity contribution < 1.29 is 4.74 Å². The molecule has 1 aliphatic heterocycles. The zero-order valence-electron chi connectivity index (χ0n) is 11.7. The van der Waals surface area contributed by atoms with Crippen molar-refractivity contribution in [1.29, 1.82) is 0 Å². The molecule has 0 aliphatic carbocycles. The Balaban J connectivity index is 1.97. The normalized spacial score (nSPS) is 21.2. The fraction of sp³-hybridized carbons (Fsp3) is 0.294. The van der Waals surface area contributed by atoms with Crippen LogP contribution in [0.25, 0.3) is 0 Å². The monoisotopic (exact) mass is 331 g/mol. The third kappa shape index (κ3) is 2.48. The molecule has 1 aliphatic rings. The SMILES string of the molecule is Cc1ccc(C2CC(N)c3cc(C)ccc3O2)c(Br)c1. The Morgan fingerprint density at radius 2 is 1.75 bits per heavy atom. The number of hydrogen-bond donors (Lipinski definition) is 1. The van der Waals surface area contributed by atoms with E-state index >= 15 is 0 Å². The molecule has 2 atom stereocenters. The van der Waals surface area contributed by atoms with E-state index < -0.39 is 0 Å². The standard InChI is InChI=1S/C17H18BrNO/c1-10-4-6-16-13(7-10)15(19)9-17(20-16)12-5-3-11(2)8-14(12)18/h3-8,15,17H,9,19H2,1-2H3. The lowest BCUT2D eigenvalue weighted by Gasteiger charge is -2.31. The van der Waals surface area contributed by atoms with Gasteiger partial charge in [0.05, 0.1) is 0 Å². The highest BCUT2D eigenvalue weighted by Gasteiger charge is 2.28. The van der Waals surface area contributed by atoms with Crippen LogP contribution in [0.2, 0.25) is 0 Å². The number of nitrogens with two attached hydrogens (primary N) is 1. The van der Waals surface area contributed by atoms with Crippen LogP contribution in [0.3, 0.4) is 0 Å². The molecule has 0 spiro atoms. The van der Waals surface area contributed by atoms with Crippen LogP contribution in [0.1, 0.15) is 40.8 Å². The molecule has 0 amide bonds. The molecule has 0 bridgehead atoms. The molecule has 0 saturated carbocycles. The second kappa shape index (κ2) is 5.23. The van der Waals surface area contributed by atoms with Gasteiger partial charge >= 0.3 is 0 Å². The minimum absolute atomic E-state index is 0.00943. The van der Waals surface area contributed by atoms with E-state index in [-0.39, 0.29) is 12.1 Å². The average Bonchev–Trinajstić information content (AvgIpc) is 2.39. The van der Waals surface area contributed by atoms with Crippen molar-refractivity contribution in [1.82, 2.24) is 0 Å². The summed E-state index contributed by atoms with van der Waals surface area (Å²) in [5.41, 5.74) is 11.1. The fourth-order valence-corrected chi connectivity index (χ4v) is 3.46. The van der Waals surface area contributed by atoms with Gasteiger partial charge in [0, 0.05) is 28.1 Å². The van der Waals surface area contributed by atoms with Crippen molar-refractivity contribution >= 4 is 15.9 Å². The van der Waals surface area contributed by atoms with Gasteiger partial charge in [-0.05, 0) is 31.5 Å². The third-order valence-corrected chi connectivity index (χ3v) is 4.49. The third-order valence-electron chi connectivity index (χ3n) is 3.80. The number of hydrogen-bond acceptors (Lipinski definition) is 2. The van der Waals surface area contributed by atoms with E-state index in [4.69, 9.17) is 10.5 Å². The summed E-state index contributed by atoms with van der Waals surface area (Å²) >= 11 is 3.63. The highest BCUT2D eigenvalue weighted by atomic mass is 79.9. The topological polar surface area (TPSA) is 35.2 Å². The highest BCUT2D eigenvalue weighted by molar-refractivity contribution is 9.10. The Hall–Kier alpha value is -1.32. The van der Waals surface area contributed by atoms with Crippen LogP contribution in [0.4, 0.5) is 0 Å². The quantitative estimate of drug-likeness (QED) is 0.829. The molecule has 104 valence electrons. The summed E-state index contributed by atoms with van der Waals surface area (Å²) in [5.74, 6) is 0.909. The number of ether oxygens (including phenoxy) is 1. The predicted molar refractivity (Wildman–Crippen MR) is 85.0 cm³/mol. The minimum Gasteiger partial charge on any atom is -0.485 e. The fourth-order valence-electron chi connectivity index (χ4n) is 2.71. The highest BCUT2D eigenvalue weighted by Crippen LogP contribution is 2.41. The first-order chi connectivity index (χ1) is 9.54. The maximum Gasteiger partial charge on any atom is 0.127 e. The molecule has 20 heavy (non-hydrogen) atoms. The summed E-state index contributed by atoms with van der Waals surface area (Å²) in [7, 11) is 0. The molecule has 2 aromatic carbocycles. The van der Waals surface area contributed by atoms with Gasteiger partial charge in [0.1, 0.15) is 11.9 Å². The van der Waals surface area contributed by atoms with Crippen LogP contribution in [0.5, 0.6) is 5.75 Å². The Morgan fingerprint density at radius 1 is 1.05 bits per heavy atom. The molecule has 2 aromatic rings. The van der Waals surface area contributed by atoms with Gasteiger partial charge in [-0.25, -0.2) is 0 Å². The Morgan fingerprint density at radius 3 is 2.50 bits per heavy atom. The maximum atomic E-state index is 6.33. The maximum absolute atomic E-state index is 6.33. The van der Waals surface area contributed by atoms with E-state index in [0.29, 0.717) is 0 Å². The van der Waals surface area contributed by atoms with Gasteiger partial charge in [-0.15, -0.1) is 0 Å². The van der Waals surface area contributed by atoms with Gasteiger partial charge < -0.3 is 10.5 Å². The van der Waals surface area contributed by atoms with Crippen molar-refractivity contribution in [3.8, 4) is 5.75 Å². The molecule has 0 radical (unpaired) electrons. The first-order valence-corrected chi connectivity index (χ1v) is 7.63. The van der Waals surface area contributed by atoms with E-state index in [1.807, 2.05) is 6.07 Å². The molecular weight excluding hydrogens is 314 g/mol. The molecular formula is C17H18BrNO. The van der Waals surface area contributed by atoms with E-state index in [0.717, 1.165) is 27.8 Å². The van der Waals surface area contributed by atoms with Crippen LogP contribution in [-0.2, 0) is 0 Å². The van der Waals surface area contributed by atoms with Crippen molar-refractivity contribution in [2.75, 3.05) is 0 Å². The number of aryl methyl sites for hydroxylation is 2. The van der Waals surface area contributed by atoms with Crippen LogP contribution < -0.4 is 10.5 Å². The summed E-state index contributed by atoms with van der Waals surface area (Å²) in [6.45, 7) is 4.16. The van der Waals surface area contributed by atoms with Crippen molar-refractivity contribution in [2.24, 2.45) is 5.73 Å². The summed E-state index contributed by atoms with van der Waals surface area (Å²) in [6.07, 6.45) is 0.813. The summed E-state index contributed by atoms with van der Waals surface area (Å²) in [6, 6.07) is 12.6. The second-order valence-corrected chi connectivity index (χ2v) is 6.37. The average molecular weight is 332 g/mol. The largest absolute Gasteiger partial charge is 0.485 e. The van der Waals surface area contributed by atoms with Gasteiger partial charge in [-0.1, -0.05) is 45.8 Å². The second-order valence-electron chi connectivity index (χ2n) is 5.51. The van der Waals surface area contributed by atoms with Gasteiger partial charge in [0.2, 0.25) is 0 Å². The van der Waals surface area contributed by atoms with Gasteiger partial charge in [-0.3, -0.25) is 0 Å². The van der Waals surface area contributed by atoms with E-state index in [2.05, 4.69) is 60.1 Å². The lowest BCUT2D eigenvalue weighted by molar-refractivity contribution is 0.161. The first-order valence-electron chi connectivity index (χ1n) is 6.83. The van der Waals surface area contributed by atoms with E-state index in [9.17, 15) is 0 Å². The first kappa shape index (κ1) is 13.7. The van der Waals surface area contributed by atoms with Gasteiger partial charge in [0.15, 0.2) is 0 Å². The molecule has 3 heteroatoms. The van der Waals surface area contributed by atoms with Crippen molar-refractivity contribution in [3.63, 3.8) is 0 Å². The van der Waals surface area contributed by atoms with Crippen LogP contribution >= 0.6 is 15.9 Å². The van der Waals surface area contributed by atoms with Crippen molar-refractivity contribution in [3.05, 3.63) is 63.1 Å². The number of fused-ring (bicyclic) bond motifs is 1. The molecule has 0 fully saturated rings. The number of halogens is 1. The zero-order chi connectivity index (χ0) is 14.3. The molecule has 0 aromatic heterocycles. The number of benzene rings is 2. The zero-order valence-corrected chi connectivity index (χ0v) is 13.3. The lowest BCUT2D eigenvalue weighted by atomic mass is 9.92. The molecule has 1 heterocycles. The van der Waals surface area contributed by atoms with Crippen LogP contribution in [0.15, 0.2) is 40.9 Å². The predicted octanol–water partition coefficient (Wildman–Crippen LogP) is 4.59. The minimum atomic E-state index is 0.00943. The smallest absolute Gasteiger partial charge is 0.127 e. The lowest BCUT2D eigenvalue weighted by Crippen LogP contribution is -2.24. The summed E-state index contributed by atoms with van der Waals surface area (Å²) in [4.78, 5) is 0. The Bertz CT molecular complexity index is 653. The Kier molecular flexibility index (Phi) is 3.57. The molecule has 2 nitrogen and oxygen atoms in total. The number of rotatable bonds is 1. The molecule has 0 saturated heterocycles. The van der Waals surface area contributed by atoms with E-state index in [1.54, 1.807) is 0 Å². The van der Waals surface area contributed by atoms with Crippen molar-refractivity contribution in [2.45, 2.75) is 32.4 Å². The summed E-state index contributed by atoms with van der Waals surface area (Å²) in [5, 5.41) is 0.